The van der Waals surface area contributed by atoms with Crippen LogP contribution in [-0.2, 0) is 19.1 Å². The second-order valence-corrected chi connectivity index (χ2v) is 6.26. The van der Waals surface area contributed by atoms with Gasteiger partial charge in [0, 0.05) is 17.1 Å². The Hall–Kier alpha value is -1.42. The van der Waals surface area contributed by atoms with Crippen molar-refractivity contribution < 1.29 is 19.1 Å². The van der Waals surface area contributed by atoms with E-state index in [9.17, 15) is 9.59 Å². The van der Waals surface area contributed by atoms with Crippen LogP contribution in [0.4, 0.5) is 0 Å². The molecular weight excluding hydrogens is 244 g/mol. The van der Waals surface area contributed by atoms with Crippen molar-refractivity contribution in [3.05, 3.63) is 23.3 Å². The second kappa shape index (κ2) is 3.18. The fourth-order valence-electron chi connectivity index (χ4n) is 4.09. The molecule has 0 radical (unpaired) electrons. The van der Waals surface area contributed by atoms with Crippen LogP contribution in [0.15, 0.2) is 23.3 Å². The van der Waals surface area contributed by atoms with Crippen molar-refractivity contribution in [1.29, 1.82) is 0 Å². The summed E-state index contributed by atoms with van der Waals surface area (Å²) in [4.78, 5) is 24.1. The zero-order chi connectivity index (χ0) is 13.5. The average Bonchev–Trinajstić information content (AvgIpc) is 2.94. The highest BCUT2D eigenvalue weighted by Crippen LogP contribution is 2.60. The largest absolute Gasteiger partial charge is 0.458 e. The number of carbonyl (C=O) groups excluding carboxylic acids is 2. The average molecular weight is 260 g/mol. The minimum Gasteiger partial charge on any atom is -0.458 e. The van der Waals surface area contributed by atoms with E-state index in [0.29, 0.717) is 5.57 Å². The van der Waals surface area contributed by atoms with Crippen molar-refractivity contribution in [1.82, 2.24) is 0 Å². The number of Topliss-reactive ketones (excluding diaryl/α,β-unsaturated/α-hetero) is 1. The first-order valence-corrected chi connectivity index (χ1v) is 6.76. The zero-order valence-electron chi connectivity index (χ0n) is 11.1. The van der Waals surface area contributed by atoms with E-state index in [1.54, 1.807) is 0 Å². The van der Waals surface area contributed by atoms with E-state index in [0.717, 1.165) is 24.0 Å². The van der Waals surface area contributed by atoms with Crippen molar-refractivity contribution in [3.63, 3.8) is 0 Å². The summed E-state index contributed by atoms with van der Waals surface area (Å²) in [6.45, 7) is 7.83. The fourth-order valence-corrected chi connectivity index (χ4v) is 4.09. The Morgan fingerprint density at radius 2 is 2.11 bits per heavy atom. The van der Waals surface area contributed by atoms with E-state index in [4.69, 9.17) is 9.47 Å². The molecule has 3 fully saturated rings. The van der Waals surface area contributed by atoms with Gasteiger partial charge in [0.2, 0.25) is 0 Å². The van der Waals surface area contributed by atoms with Gasteiger partial charge in [0.1, 0.15) is 11.7 Å². The third-order valence-corrected chi connectivity index (χ3v) is 5.24. The summed E-state index contributed by atoms with van der Waals surface area (Å²) in [5.41, 5.74) is 2.07. The second-order valence-electron chi connectivity index (χ2n) is 6.26. The van der Waals surface area contributed by atoms with Gasteiger partial charge in [0.05, 0.1) is 5.92 Å². The molecule has 4 aliphatic rings. The van der Waals surface area contributed by atoms with Gasteiger partial charge in [-0.2, -0.15) is 0 Å². The summed E-state index contributed by atoms with van der Waals surface area (Å²) in [5, 5.41) is 0. The lowest BCUT2D eigenvalue weighted by atomic mass is 9.81. The van der Waals surface area contributed by atoms with Crippen molar-refractivity contribution in [2.75, 3.05) is 0 Å². The van der Waals surface area contributed by atoms with Crippen LogP contribution < -0.4 is 0 Å². The van der Waals surface area contributed by atoms with E-state index >= 15 is 0 Å². The molecule has 4 heteroatoms. The molecule has 2 heterocycles. The number of ether oxygens (including phenoxy) is 2. The number of rotatable bonds is 0. The van der Waals surface area contributed by atoms with Crippen LogP contribution in [0.5, 0.6) is 0 Å². The minimum absolute atomic E-state index is 0.0255. The Bertz CT molecular complexity index is 573. The highest BCUT2D eigenvalue weighted by molar-refractivity contribution is 6.07. The van der Waals surface area contributed by atoms with Crippen LogP contribution in [0.25, 0.3) is 0 Å². The first-order chi connectivity index (χ1) is 8.95. The maximum atomic E-state index is 12.4. The molecule has 0 N–H and O–H groups in total. The number of carbonyl (C=O) groups is 2. The molecule has 0 unspecified atom stereocenters. The molecule has 0 aromatic rings. The summed E-state index contributed by atoms with van der Waals surface area (Å²) in [6.07, 6.45) is 1.06. The Balaban J connectivity index is 1.86. The number of ketones is 1. The Morgan fingerprint density at radius 1 is 1.37 bits per heavy atom. The molecule has 2 saturated heterocycles. The normalized spacial score (nSPS) is 47.6. The maximum Gasteiger partial charge on any atom is 0.334 e. The number of allylic oxidation sites excluding steroid dienone is 1. The van der Waals surface area contributed by atoms with E-state index < -0.39 is 5.60 Å². The molecule has 2 aliphatic heterocycles. The highest BCUT2D eigenvalue weighted by atomic mass is 16.6. The summed E-state index contributed by atoms with van der Waals surface area (Å²) in [6, 6.07) is 0. The van der Waals surface area contributed by atoms with Gasteiger partial charge in [-0.15, -0.1) is 0 Å². The quantitative estimate of drug-likeness (QED) is 0.377. The smallest absolute Gasteiger partial charge is 0.334 e. The van der Waals surface area contributed by atoms with Crippen molar-refractivity contribution in [2.24, 2.45) is 11.8 Å². The first-order valence-electron chi connectivity index (χ1n) is 6.76. The lowest BCUT2D eigenvalue weighted by Crippen LogP contribution is -2.35. The summed E-state index contributed by atoms with van der Waals surface area (Å²) < 4.78 is 11.1. The number of hydrogen-bond acceptors (Lipinski definition) is 4. The maximum absolute atomic E-state index is 12.4. The summed E-state index contributed by atoms with van der Waals surface area (Å²) in [5.74, 6) is -0.300. The fraction of sp³-hybridized carbons (Fsp3) is 0.600. The molecule has 0 amide bonds. The molecule has 2 aliphatic carbocycles. The van der Waals surface area contributed by atoms with Crippen LogP contribution in [0.3, 0.4) is 0 Å². The van der Waals surface area contributed by atoms with Crippen LogP contribution in [0, 0.1) is 11.8 Å². The molecule has 19 heavy (non-hydrogen) atoms. The van der Waals surface area contributed by atoms with Crippen LogP contribution in [-0.4, -0.2) is 29.6 Å². The molecule has 5 atom stereocenters. The number of epoxide rings is 1. The molecular formula is C15H16O4. The topological polar surface area (TPSA) is 55.9 Å². The molecule has 0 aromatic heterocycles. The molecule has 0 aromatic carbocycles. The van der Waals surface area contributed by atoms with Crippen LogP contribution >= 0.6 is 0 Å². The molecule has 0 spiro atoms. The van der Waals surface area contributed by atoms with Crippen LogP contribution in [0.2, 0.25) is 0 Å². The van der Waals surface area contributed by atoms with Gasteiger partial charge in [-0.25, -0.2) is 4.79 Å². The number of esters is 1. The Kier molecular flexibility index (Phi) is 1.91. The molecule has 4 nitrogen and oxygen atoms in total. The number of hydrogen-bond donors (Lipinski definition) is 0. The van der Waals surface area contributed by atoms with E-state index in [2.05, 4.69) is 6.58 Å². The molecule has 4 rings (SSSR count). The Morgan fingerprint density at radius 3 is 2.84 bits per heavy atom. The van der Waals surface area contributed by atoms with Gasteiger partial charge >= 0.3 is 5.97 Å². The first kappa shape index (κ1) is 11.4. The van der Waals surface area contributed by atoms with E-state index in [-0.39, 0.29) is 35.8 Å². The Labute approximate surface area is 111 Å². The lowest BCUT2D eigenvalue weighted by Gasteiger charge is -2.26. The van der Waals surface area contributed by atoms with E-state index in [1.165, 1.54) is 0 Å². The predicted molar refractivity (Wildman–Crippen MR) is 66.2 cm³/mol. The van der Waals surface area contributed by atoms with Gasteiger partial charge in [-0.05, 0) is 26.7 Å². The lowest BCUT2D eigenvalue weighted by molar-refractivity contribution is -0.142. The zero-order valence-corrected chi connectivity index (χ0v) is 11.1. The summed E-state index contributed by atoms with van der Waals surface area (Å²) in [7, 11) is 0. The van der Waals surface area contributed by atoms with E-state index in [1.807, 2.05) is 13.8 Å². The van der Waals surface area contributed by atoms with Gasteiger partial charge < -0.3 is 9.47 Å². The summed E-state index contributed by atoms with van der Waals surface area (Å²) >= 11 is 0. The molecule has 0 bridgehead atoms. The van der Waals surface area contributed by atoms with Crippen molar-refractivity contribution >= 4 is 11.8 Å². The standard InChI is InChI=1S/C15H16O4/c1-6-4-5-8-7(2)14(17)18-12(8)10-9(6)11(16)13-15(10,3)19-13/h8,10,12-13H,2,4-5H2,1,3H3/t8-,10-,12-,13+,15+/m0/s1. The van der Waals surface area contributed by atoms with Gasteiger partial charge in [0.25, 0.3) is 0 Å². The van der Waals surface area contributed by atoms with Gasteiger partial charge in [-0.1, -0.05) is 12.2 Å². The number of fused-ring (bicyclic) bond motifs is 5. The predicted octanol–water partition coefficient (Wildman–Crippen LogP) is 1.55. The monoisotopic (exact) mass is 260 g/mol. The van der Waals surface area contributed by atoms with Crippen molar-refractivity contribution in [2.45, 2.75) is 44.5 Å². The SMILES string of the molecule is C=C1C(=O)O[C@H]2[C@H]1CCC(C)=C1C(=O)[C@H]3O[C@]3(C)[C@@H]12. The van der Waals surface area contributed by atoms with Gasteiger partial charge in [-0.3, -0.25) is 4.79 Å². The van der Waals surface area contributed by atoms with Crippen molar-refractivity contribution in [3.8, 4) is 0 Å². The third-order valence-electron chi connectivity index (χ3n) is 5.24. The molecule has 100 valence electrons. The van der Waals surface area contributed by atoms with Crippen LogP contribution in [0.1, 0.15) is 26.7 Å². The van der Waals surface area contributed by atoms with Gasteiger partial charge in [0.15, 0.2) is 11.9 Å². The third kappa shape index (κ3) is 1.18. The molecule has 1 saturated carbocycles. The highest BCUT2D eigenvalue weighted by Gasteiger charge is 2.73. The minimum atomic E-state index is -0.466.